The molecule has 1 aliphatic rings. The molecule has 0 aromatic heterocycles. The smallest absolute Gasteiger partial charge is 0.407 e. The Bertz CT molecular complexity index is 758. The van der Waals surface area contributed by atoms with E-state index in [9.17, 15) is 9.59 Å². The fourth-order valence-corrected chi connectivity index (χ4v) is 2.91. The van der Waals surface area contributed by atoms with Gasteiger partial charge in [0.05, 0.1) is 0 Å². The topological polar surface area (TPSA) is 79.5 Å². The summed E-state index contributed by atoms with van der Waals surface area (Å²) in [6, 6.07) is 17.6. The molecule has 0 unspecified atom stereocenters. The van der Waals surface area contributed by atoms with Gasteiger partial charge in [-0.1, -0.05) is 36.4 Å². The highest BCUT2D eigenvalue weighted by Crippen LogP contribution is 2.25. The fraction of sp³-hybridized carbons (Fsp3) is 0.300. The molecule has 0 aliphatic heterocycles. The SMILES string of the molecule is CC(=O)Nc1cccc(NC2CC(NC(=O)OCc3ccccc3)C2)c1. The summed E-state index contributed by atoms with van der Waals surface area (Å²) >= 11 is 0. The molecule has 0 radical (unpaired) electrons. The largest absolute Gasteiger partial charge is 0.445 e. The lowest BCUT2D eigenvalue weighted by atomic mass is 9.86. The molecule has 0 spiro atoms. The van der Waals surface area contributed by atoms with Crippen molar-refractivity contribution in [3.05, 3.63) is 60.2 Å². The predicted molar refractivity (Wildman–Crippen MR) is 101 cm³/mol. The molecular formula is C20H23N3O3. The summed E-state index contributed by atoms with van der Waals surface area (Å²) in [5.74, 6) is -0.0935. The molecule has 0 bridgehead atoms. The first kappa shape index (κ1) is 17.8. The van der Waals surface area contributed by atoms with Gasteiger partial charge in [0.15, 0.2) is 0 Å². The van der Waals surface area contributed by atoms with Gasteiger partial charge in [-0.15, -0.1) is 0 Å². The van der Waals surface area contributed by atoms with Crippen LogP contribution in [0.1, 0.15) is 25.3 Å². The summed E-state index contributed by atoms with van der Waals surface area (Å²) in [5.41, 5.74) is 2.68. The van der Waals surface area contributed by atoms with Gasteiger partial charge in [0.1, 0.15) is 6.61 Å². The van der Waals surface area contributed by atoms with Gasteiger partial charge in [-0.3, -0.25) is 4.79 Å². The third kappa shape index (κ3) is 5.24. The van der Waals surface area contributed by atoms with Gasteiger partial charge >= 0.3 is 6.09 Å². The van der Waals surface area contributed by atoms with Crippen LogP contribution in [0, 0.1) is 0 Å². The predicted octanol–water partition coefficient (Wildman–Crippen LogP) is 3.51. The maximum atomic E-state index is 11.8. The molecule has 3 rings (SSSR count). The molecule has 6 heteroatoms. The van der Waals surface area contributed by atoms with Gasteiger partial charge < -0.3 is 20.7 Å². The zero-order valence-electron chi connectivity index (χ0n) is 14.7. The minimum Gasteiger partial charge on any atom is -0.445 e. The van der Waals surface area contributed by atoms with Crippen LogP contribution in [-0.4, -0.2) is 24.1 Å². The molecule has 0 saturated heterocycles. The van der Waals surface area contributed by atoms with Crippen molar-refractivity contribution in [1.82, 2.24) is 5.32 Å². The van der Waals surface area contributed by atoms with E-state index in [0.29, 0.717) is 6.04 Å². The zero-order chi connectivity index (χ0) is 18.4. The molecule has 2 aromatic carbocycles. The summed E-state index contributed by atoms with van der Waals surface area (Å²) < 4.78 is 5.23. The van der Waals surface area contributed by atoms with Gasteiger partial charge in [0.25, 0.3) is 0 Å². The van der Waals surface area contributed by atoms with E-state index >= 15 is 0 Å². The minimum absolute atomic E-state index is 0.0935. The third-order valence-corrected chi connectivity index (χ3v) is 4.23. The Balaban J connectivity index is 1.37. The van der Waals surface area contributed by atoms with Crippen molar-refractivity contribution in [3.63, 3.8) is 0 Å². The second-order valence-corrected chi connectivity index (χ2v) is 6.48. The number of rotatable bonds is 6. The van der Waals surface area contributed by atoms with Gasteiger partial charge in [-0.05, 0) is 36.6 Å². The van der Waals surface area contributed by atoms with Crippen molar-refractivity contribution in [1.29, 1.82) is 0 Å². The molecule has 1 aliphatic carbocycles. The number of carbonyl (C=O) groups is 2. The number of hydrogen-bond donors (Lipinski definition) is 3. The van der Waals surface area contributed by atoms with E-state index in [-0.39, 0.29) is 24.6 Å². The fourth-order valence-electron chi connectivity index (χ4n) is 2.91. The number of hydrogen-bond acceptors (Lipinski definition) is 4. The number of alkyl carbamates (subject to hydrolysis) is 1. The lowest BCUT2D eigenvalue weighted by Gasteiger charge is -2.36. The quantitative estimate of drug-likeness (QED) is 0.742. The van der Waals surface area contributed by atoms with Crippen LogP contribution in [0.4, 0.5) is 16.2 Å². The van der Waals surface area contributed by atoms with Crippen molar-refractivity contribution in [2.45, 2.75) is 38.5 Å². The maximum absolute atomic E-state index is 11.8. The summed E-state index contributed by atoms with van der Waals surface area (Å²) in [6.45, 7) is 1.76. The monoisotopic (exact) mass is 353 g/mol. The maximum Gasteiger partial charge on any atom is 0.407 e. The Hall–Kier alpha value is -3.02. The Kier molecular flexibility index (Phi) is 5.73. The van der Waals surface area contributed by atoms with Gasteiger partial charge in [-0.2, -0.15) is 0 Å². The molecule has 3 N–H and O–H groups in total. The first-order chi connectivity index (χ1) is 12.6. The van der Waals surface area contributed by atoms with E-state index in [4.69, 9.17) is 4.74 Å². The Morgan fingerprint density at radius 2 is 1.73 bits per heavy atom. The van der Waals surface area contributed by atoms with Crippen LogP contribution in [0.15, 0.2) is 54.6 Å². The molecule has 2 amide bonds. The first-order valence-corrected chi connectivity index (χ1v) is 8.70. The van der Waals surface area contributed by atoms with Crippen LogP contribution in [0.2, 0.25) is 0 Å². The number of benzene rings is 2. The highest BCUT2D eigenvalue weighted by molar-refractivity contribution is 5.89. The van der Waals surface area contributed by atoms with E-state index in [1.165, 1.54) is 6.92 Å². The van der Waals surface area contributed by atoms with Crippen LogP contribution in [0.3, 0.4) is 0 Å². The number of amides is 2. The van der Waals surface area contributed by atoms with Crippen molar-refractivity contribution in [2.24, 2.45) is 0 Å². The van der Waals surface area contributed by atoms with E-state index in [1.807, 2.05) is 54.6 Å². The Morgan fingerprint density at radius 3 is 2.46 bits per heavy atom. The van der Waals surface area contributed by atoms with Crippen LogP contribution in [0.5, 0.6) is 0 Å². The summed E-state index contributed by atoms with van der Waals surface area (Å²) in [5, 5.41) is 9.06. The Morgan fingerprint density at radius 1 is 1.00 bits per heavy atom. The van der Waals surface area contributed by atoms with Crippen molar-refractivity contribution in [2.75, 3.05) is 10.6 Å². The molecule has 1 saturated carbocycles. The van der Waals surface area contributed by atoms with E-state index < -0.39 is 0 Å². The van der Waals surface area contributed by atoms with Crippen molar-refractivity contribution < 1.29 is 14.3 Å². The standard InChI is InChI=1S/C20H23N3O3/c1-14(24)21-16-8-5-9-17(10-16)22-18-11-19(12-18)23-20(25)26-13-15-6-3-2-4-7-15/h2-10,18-19,22H,11-13H2,1H3,(H,21,24)(H,23,25). The number of nitrogens with one attached hydrogen (secondary N) is 3. The molecule has 2 aromatic rings. The van der Waals surface area contributed by atoms with Crippen LogP contribution in [-0.2, 0) is 16.1 Å². The lowest BCUT2D eigenvalue weighted by molar-refractivity contribution is -0.114. The zero-order valence-corrected chi connectivity index (χ0v) is 14.7. The van der Waals surface area contributed by atoms with Gasteiger partial charge in [0.2, 0.25) is 5.91 Å². The average molecular weight is 353 g/mol. The minimum atomic E-state index is -0.384. The van der Waals surface area contributed by atoms with Crippen LogP contribution >= 0.6 is 0 Å². The van der Waals surface area contributed by atoms with Crippen LogP contribution < -0.4 is 16.0 Å². The molecule has 0 heterocycles. The molecule has 0 atom stereocenters. The van der Waals surface area contributed by atoms with Crippen LogP contribution in [0.25, 0.3) is 0 Å². The molecule has 26 heavy (non-hydrogen) atoms. The van der Waals surface area contributed by atoms with Gasteiger partial charge in [0, 0.05) is 30.4 Å². The summed E-state index contributed by atoms with van der Waals surface area (Å²) in [4.78, 5) is 23.0. The molecule has 136 valence electrons. The first-order valence-electron chi connectivity index (χ1n) is 8.70. The second kappa shape index (κ2) is 8.38. The number of carbonyl (C=O) groups excluding carboxylic acids is 2. The second-order valence-electron chi connectivity index (χ2n) is 6.48. The molecular weight excluding hydrogens is 330 g/mol. The highest BCUT2D eigenvalue weighted by atomic mass is 16.5. The van der Waals surface area contributed by atoms with E-state index in [2.05, 4.69) is 16.0 Å². The average Bonchev–Trinajstić information content (AvgIpc) is 2.59. The number of anilines is 2. The normalized spacial score (nSPS) is 18.3. The molecule has 6 nitrogen and oxygen atoms in total. The summed E-state index contributed by atoms with van der Waals surface area (Å²) in [6.07, 6.45) is 1.29. The van der Waals surface area contributed by atoms with Crippen molar-refractivity contribution >= 4 is 23.4 Å². The Labute approximate surface area is 152 Å². The molecule has 1 fully saturated rings. The summed E-state index contributed by atoms with van der Waals surface area (Å²) in [7, 11) is 0. The van der Waals surface area contributed by atoms with Crippen molar-refractivity contribution in [3.8, 4) is 0 Å². The third-order valence-electron chi connectivity index (χ3n) is 4.23. The number of ether oxygens (including phenoxy) is 1. The van der Waals surface area contributed by atoms with E-state index in [1.54, 1.807) is 0 Å². The lowest BCUT2D eigenvalue weighted by Crippen LogP contribution is -2.49. The van der Waals surface area contributed by atoms with Gasteiger partial charge in [-0.25, -0.2) is 4.79 Å². The van der Waals surface area contributed by atoms with E-state index in [0.717, 1.165) is 29.8 Å². The highest BCUT2D eigenvalue weighted by Gasteiger charge is 2.30.